The fourth-order valence-electron chi connectivity index (χ4n) is 1.32. The minimum absolute atomic E-state index is 0.0686. The molecule has 0 aliphatic carbocycles. The smallest absolute Gasteiger partial charge is 0.0711 e. The molecule has 0 spiro atoms. The first-order valence-electron chi connectivity index (χ1n) is 3.79. The lowest BCUT2D eigenvalue weighted by Gasteiger charge is -2.05. The third-order valence-corrected chi connectivity index (χ3v) is 3.39. The lowest BCUT2D eigenvalue weighted by Crippen LogP contribution is -1.92. The summed E-state index contributed by atoms with van der Waals surface area (Å²) >= 11 is 7.51. The molecule has 0 radical (unpaired) electrons. The second-order valence-electron chi connectivity index (χ2n) is 2.76. The van der Waals surface area contributed by atoms with E-state index < -0.39 is 0 Å². The maximum atomic E-state index is 9.13. The highest BCUT2D eigenvalue weighted by Crippen LogP contribution is 2.34. The highest BCUT2D eigenvalue weighted by atomic mass is 35.5. The van der Waals surface area contributed by atoms with Crippen molar-refractivity contribution in [1.29, 1.82) is 0 Å². The molecule has 0 bridgehead atoms. The molecule has 1 aromatic carbocycles. The number of hydrogen-bond donors (Lipinski definition) is 2. The predicted molar refractivity (Wildman–Crippen MR) is 57.2 cm³/mol. The van der Waals surface area contributed by atoms with Crippen molar-refractivity contribution >= 4 is 38.7 Å². The molecule has 1 aromatic heterocycles. The Morgan fingerprint density at radius 1 is 1.54 bits per heavy atom. The summed E-state index contributed by atoms with van der Waals surface area (Å²) < 4.78 is 1.02. The molecule has 13 heavy (non-hydrogen) atoms. The van der Waals surface area contributed by atoms with Crippen molar-refractivity contribution in [2.24, 2.45) is 0 Å². The Hall–Kier alpha value is -0.770. The van der Waals surface area contributed by atoms with Crippen LogP contribution >= 0.6 is 22.9 Å². The number of aliphatic hydroxyl groups is 1. The van der Waals surface area contributed by atoms with Gasteiger partial charge in [0, 0.05) is 10.3 Å². The monoisotopic (exact) mass is 213 g/mol. The number of hydrogen-bond acceptors (Lipinski definition) is 3. The molecule has 0 aliphatic rings. The van der Waals surface area contributed by atoms with Gasteiger partial charge >= 0.3 is 0 Å². The second-order valence-corrected chi connectivity index (χ2v) is 4.05. The number of rotatable bonds is 1. The molecule has 2 rings (SSSR count). The van der Waals surface area contributed by atoms with Gasteiger partial charge in [0.05, 0.1) is 17.3 Å². The van der Waals surface area contributed by atoms with Crippen LogP contribution in [-0.2, 0) is 6.61 Å². The van der Waals surface area contributed by atoms with E-state index in [9.17, 15) is 0 Å². The van der Waals surface area contributed by atoms with Crippen molar-refractivity contribution in [3.05, 3.63) is 28.1 Å². The summed E-state index contributed by atoms with van der Waals surface area (Å²) in [5, 5.41) is 12.6. The van der Waals surface area contributed by atoms with Gasteiger partial charge in [-0.25, -0.2) is 0 Å². The van der Waals surface area contributed by atoms with Crippen LogP contribution in [0.4, 0.5) is 5.69 Å². The third kappa shape index (κ3) is 1.29. The van der Waals surface area contributed by atoms with Gasteiger partial charge < -0.3 is 10.8 Å². The first-order chi connectivity index (χ1) is 6.24. The van der Waals surface area contributed by atoms with E-state index in [1.165, 1.54) is 0 Å². The molecule has 1 heterocycles. The molecule has 0 fully saturated rings. The standard InChI is InChI=1S/C9H8ClNOS/c10-8-6(4-12)9-5(1-2-13-9)3-7(8)11/h1-3,12H,4,11H2. The Labute approximate surface area is 84.6 Å². The predicted octanol–water partition coefficient (Wildman–Crippen LogP) is 2.63. The normalized spacial score (nSPS) is 10.9. The van der Waals surface area contributed by atoms with Gasteiger partial charge in [0.1, 0.15) is 0 Å². The van der Waals surface area contributed by atoms with Gasteiger partial charge in [0.15, 0.2) is 0 Å². The summed E-state index contributed by atoms with van der Waals surface area (Å²) in [5.41, 5.74) is 6.94. The van der Waals surface area contributed by atoms with Gasteiger partial charge in [0.2, 0.25) is 0 Å². The second kappa shape index (κ2) is 3.18. The number of nitrogens with two attached hydrogens (primary N) is 1. The van der Waals surface area contributed by atoms with E-state index in [0.29, 0.717) is 10.7 Å². The number of nitrogen functional groups attached to an aromatic ring is 1. The minimum Gasteiger partial charge on any atom is -0.397 e. The Morgan fingerprint density at radius 2 is 2.31 bits per heavy atom. The van der Waals surface area contributed by atoms with Crippen LogP contribution in [-0.4, -0.2) is 5.11 Å². The first kappa shape index (κ1) is 8.81. The van der Waals surface area contributed by atoms with Crippen molar-refractivity contribution in [2.75, 3.05) is 5.73 Å². The van der Waals surface area contributed by atoms with Crippen LogP contribution in [0, 0.1) is 0 Å². The van der Waals surface area contributed by atoms with Crippen LogP contribution < -0.4 is 5.73 Å². The van der Waals surface area contributed by atoms with Crippen LogP contribution in [0.1, 0.15) is 5.56 Å². The molecule has 0 atom stereocenters. The summed E-state index contributed by atoms with van der Waals surface area (Å²) in [6.45, 7) is -0.0686. The number of benzene rings is 1. The Bertz CT molecular complexity index is 452. The third-order valence-electron chi connectivity index (χ3n) is 1.96. The van der Waals surface area contributed by atoms with Crippen molar-refractivity contribution in [3.63, 3.8) is 0 Å². The molecular formula is C9H8ClNOS. The number of aliphatic hydroxyl groups excluding tert-OH is 1. The van der Waals surface area contributed by atoms with Crippen LogP contribution in [0.25, 0.3) is 10.1 Å². The lowest BCUT2D eigenvalue weighted by molar-refractivity contribution is 0.283. The van der Waals surface area contributed by atoms with Crippen molar-refractivity contribution in [2.45, 2.75) is 6.61 Å². The largest absolute Gasteiger partial charge is 0.397 e. The maximum absolute atomic E-state index is 9.13. The molecule has 0 unspecified atom stereocenters. The van der Waals surface area contributed by atoms with E-state index in [0.717, 1.165) is 15.6 Å². The van der Waals surface area contributed by atoms with E-state index in [1.807, 2.05) is 17.5 Å². The summed E-state index contributed by atoms with van der Waals surface area (Å²) in [7, 11) is 0. The topological polar surface area (TPSA) is 46.2 Å². The van der Waals surface area contributed by atoms with Crippen LogP contribution in [0.3, 0.4) is 0 Å². The quantitative estimate of drug-likeness (QED) is 0.716. The number of halogens is 1. The van der Waals surface area contributed by atoms with Gasteiger partial charge in [-0.05, 0) is 22.9 Å². The zero-order valence-electron chi connectivity index (χ0n) is 6.75. The minimum atomic E-state index is -0.0686. The zero-order valence-corrected chi connectivity index (χ0v) is 8.32. The van der Waals surface area contributed by atoms with Crippen molar-refractivity contribution < 1.29 is 5.11 Å². The van der Waals surface area contributed by atoms with Crippen LogP contribution in [0.2, 0.25) is 5.02 Å². The maximum Gasteiger partial charge on any atom is 0.0711 e. The average molecular weight is 214 g/mol. The average Bonchev–Trinajstić information content (AvgIpc) is 2.54. The molecule has 0 saturated carbocycles. The van der Waals surface area contributed by atoms with Gasteiger partial charge in [0.25, 0.3) is 0 Å². The van der Waals surface area contributed by atoms with Crippen molar-refractivity contribution in [1.82, 2.24) is 0 Å². The fraction of sp³-hybridized carbons (Fsp3) is 0.111. The van der Waals surface area contributed by atoms with Gasteiger partial charge in [-0.3, -0.25) is 0 Å². The van der Waals surface area contributed by atoms with Gasteiger partial charge in [-0.15, -0.1) is 11.3 Å². The molecule has 0 amide bonds. The summed E-state index contributed by atoms with van der Waals surface area (Å²) in [5.74, 6) is 0. The Morgan fingerprint density at radius 3 is 3.00 bits per heavy atom. The molecule has 3 N–H and O–H groups in total. The summed E-state index contributed by atoms with van der Waals surface area (Å²) in [6.07, 6.45) is 0. The number of anilines is 1. The number of thiophene rings is 1. The molecular weight excluding hydrogens is 206 g/mol. The molecule has 0 aliphatic heterocycles. The lowest BCUT2D eigenvalue weighted by atomic mass is 10.1. The molecule has 2 nitrogen and oxygen atoms in total. The highest BCUT2D eigenvalue weighted by molar-refractivity contribution is 7.17. The van der Waals surface area contributed by atoms with Gasteiger partial charge in [-0.1, -0.05) is 11.6 Å². The summed E-state index contributed by atoms with van der Waals surface area (Å²) in [4.78, 5) is 0. The molecule has 4 heteroatoms. The molecule has 0 saturated heterocycles. The summed E-state index contributed by atoms with van der Waals surface area (Å²) in [6, 6.07) is 3.79. The van der Waals surface area contributed by atoms with Crippen molar-refractivity contribution in [3.8, 4) is 0 Å². The first-order valence-corrected chi connectivity index (χ1v) is 5.04. The van der Waals surface area contributed by atoms with Gasteiger partial charge in [-0.2, -0.15) is 0 Å². The zero-order chi connectivity index (χ0) is 9.42. The Kier molecular flexibility index (Phi) is 2.15. The van der Waals surface area contributed by atoms with Crippen LogP contribution in [0.5, 0.6) is 0 Å². The van der Waals surface area contributed by atoms with E-state index >= 15 is 0 Å². The SMILES string of the molecule is Nc1cc2ccsc2c(CO)c1Cl. The Balaban J connectivity index is 2.87. The van der Waals surface area contributed by atoms with E-state index in [1.54, 1.807) is 11.3 Å². The van der Waals surface area contributed by atoms with E-state index in [-0.39, 0.29) is 6.61 Å². The highest BCUT2D eigenvalue weighted by Gasteiger charge is 2.09. The van der Waals surface area contributed by atoms with Crippen LogP contribution in [0.15, 0.2) is 17.5 Å². The van der Waals surface area contributed by atoms with E-state index in [4.69, 9.17) is 22.4 Å². The fourth-order valence-corrected chi connectivity index (χ4v) is 2.51. The van der Waals surface area contributed by atoms with E-state index in [2.05, 4.69) is 0 Å². The molecule has 2 aromatic rings. The molecule has 68 valence electrons. The number of fused-ring (bicyclic) bond motifs is 1.